The monoisotopic (exact) mass is 367 g/mol. The Hall–Kier alpha value is -2.38. The smallest absolute Gasteiger partial charge is 0.256 e. The fourth-order valence-electron chi connectivity index (χ4n) is 3.95. The number of piperidine rings is 2. The number of hydrogen-bond acceptors (Lipinski definition) is 6. The Bertz CT molecular complexity index is 752. The number of hydrogen-bond donors (Lipinski definition) is 1. The molecule has 7 nitrogen and oxygen atoms in total. The molecular weight excluding hydrogens is 342 g/mol. The molecule has 0 saturated carbocycles. The van der Waals surface area contributed by atoms with E-state index in [0.717, 1.165) is 57.4 Å². The van der Waals surface area contributed by atoms with Gasteiger partial charge in [0, 0.05) is 62.6 Å². The molecule has 0 radical (unpaired) electrons. The van der Waals surface area contributed by atoms with E-state index in [4.69, 9.17) is 0 Å². The van der Waals surface area contributed by atoms with Crippen LogP contribution >= 0.6 is 0 Å². The highest BCUT2D eigenvalue weighted by Gasteiger charge is 2.29. The first-order valence-corrected chi connectivity index (χ1v) is 9.64. The first kappa shape index (κ1) is 18.0. The summed E-state index contributed by atoms with van der Waals surface area (Å²) in [6, 6.07) is 4.25. The molecule has 1 amide bonds. The predicted octanol–water partition coefficient (Wildman–Crippen LogP) is 1.60. The molecule has 0 aromatic carbocycles. The maximum Gasteiger partial charge on any atom is 0.256 e. The molecular formula is C20H25N5O2. The summed E-state index contributed by atoms with van der Waals surface area (Å²) in [5.74, 6) is 0.575. The minimum Gasteiger partial charge on any atom is -0.393 e. The summed E-state index contributed by atoms with van der Waals surface area (Å²) < 4.78 is 0. The quantitative estimate of drug-likeness (QED) is 0.887. The van der Waals surface area contributed by atoms with Crippen LogP contribution in [0.4, 0.5) is 0 Å². The topological polar surface area (TPSA) is 82.5 Å². The molecule has 2 fully saturated rings. The molecule has 0 unspecified atom stereocenters. The lowest BCUT2D eigenvalue weighted by atomic mass is 9.98. The minimum atomic E-state index is -0.141. The third-order valence-electron chi connectivity index (χ3n) is 5.59. The largest absolute Gasteiger partial charge is 0.393 e. The molecule has 2 saturated heterocycles. The van der Waals surface area contributed by atoms with Crippen LogP contribution in [0, 0.1) is 0 Å². The van der Waals surface area contributed by atoms with Crippen molar-refractivity contribution in [1.82, 2.24) is 24.8 Å². The average molecular weight is 367 g/mol. The number of aliphatic hydroxyl groups is 1. The van der Waals surface area contributed by atoms with Crippen LogP contribution in [0.2, 0.25) is 0 Å². The van der Waals surface area contributed by atoms with E-state index < -0.39 is 0 Å². The summed E-state index contributed by atoms with van der Waals surface area (Å²) in [5, 5.41) is 9.66. The Morgan fingerprint density at radius 2 is 1.70 bits per heavy atom. The Balaban J connectivity index is 1.34. The molecule has 2 aliphatic heterocycles. The highest BCUT2D eigenvalue weighted by atomic mass is 16.3. The van der Waals surface area contributed by atoms with E-state index >= 15 is 0 Å². The first-order chi connectivity index (χ1) is 13.2. The van der Waals surface area contributed by atoms with Crippen LogP contribution < -0.4 is 0 Å². The van der Waals surface area contributed by atoms with Crippen LogP contribution in [0.5, 0.6) is 0 Å². The van der Waals surface area contributed by atoms with E-state index in [1.807, 2.05) is 17.0 Å². The summed E-state index contributed by atoms with van der Waals surface area (Å²) in [6.07, 6.45) is 10.2. The lowest BCUT2D eigenvalue weighted by Crippen LogP contribution is -2.49. The molecule has 0 atom stereocenters. The number of aromatic nitrogens is 3. The highest BCUT2D eigenvalue weighted by Crippen LogP contribution is 2.22. The van der Waals surface area contributed by atoms with Gasteiger partial charge in [0.1, 0.15) is 0 Å². The van der Waals surface area contributed by atoms with Crippen LogP contribution in [0.1, 0.15) is 36.0 Å². The number of nitrogens with zero attached hydrogens (tertiary/aromatic N) is 5. The van der Waals surface area contributed by atoms with Crippen molar-refractivity contribution in [3.8, 4) is 11.4 Å². The molecule has 27 heavy (non-hydrogen) atoms. The van der Waals surface area contributed by atoms with Crippen molar-refractivity contribution in [3.63, 3.8) is 0 Å². The zero-order valence-electron chi connectivity index (χ0n) is 15.4. The number of pyridine rings is 1. The van der Waals surface area contributed by atoms with Crippen LogP contribution in [0.15, 0.2) is 36.9 Å². The molecule has 2 aliphatic rings. The number of carbonyl (C=O) groups is 1. The lowest BCUT2D eigenvalue weighted by molar-refractivity contribution is 0.0357. The Labute approximate surface area is 159 Å². The molecule has 0 spiro atoms. The normalized spacial score (nSPS) is 20.0. The molecule has 2 aromatic heterocycles. The van der Waals surface area contributed by atoms with E-state index in [0.29, 0.717) is 17.4 Å². The molecule has 4 heterocycles. The molecule has 142 valence electrons. The van der Waals surface area contributed by atoms with Gasteiger partial charge in [0.15, 0.2) is 5.82 Å². The van der Waals surface area contributed by atoms with Gasteiger partial charge in [-0.15, -0.1) is 0 Å². The Morgan fingerprint density at radius 3 is 2.33 bits per heavy atom. The first-order valence-electron chi connectivity index (χ1n) is 9.64. The molecule has 1 N–H and O–H groups in total. The van der Waals surface area contributed by atoms with Crippen LogP contribution in [0.25, 0.3) is 11.4 Å². The second kappa shape index (κ2) is 8.10. The van der Waals surface area contributed by atoms with Gasteiger partial charge in [-0.3, -0.25) is 9.78 Å². The summed E-state index contributed by atoms with van der Waals surface area (Å²) in [7, 11) is 0. The fourth-order valence-corrected chi connectivity index (χ4v) is 3.95. The van der Waals surface area contributed by atoms with Gasteiger partial charge in [-0.25, -0.2) is 9.97 Å². The van der Waals surface area contributed by atoms with Crippen molar-refractivity contribution in [2.24, 2.45) is 0 Å². The maximum absolute atomic E-state index is 12.8. The SMILES string of the molecule is O=C(c1cnc(-c2cccnc2)nc1)N1CCC(N2CCC(O)CC2)CC1. The zero-order chi connectivity index (χ0) is 18.6. The molecule has 0 aliphatic carbocycles. The molecule has 7 heteroatoms. The van der Waals surface area contributed by atoms with E-state index in [9.17, 15) is 9.90 Å². The Kier molecular flexibility index (Phi) is 5.40. The summed E-state index contributed by atoms with van der Waals surface area (Å²) >= 11 is 0. The number of rotatable bonds is 3. The van der Waals surface area contributed by atoms with E-state index in [1.54, 1.807) is 24.8 Å². The minimum absolute atomic E-state index is 0.000234. The van der Waals surface area contributed by atoms with Crippen molar-refractivity contribution >= 4 is 5.91 Å². The van der Waals surface area contributed by atoms with Gasteiger partial charge < -0.3 is 14.9 Å². The third-order valence-corrected chi connectivity index (χ3v) is 5.59. The van der Waals surface area contributed by atoms with E-state index in [2.05, 4.69) is 19.9 Å². The van der Waals surface area contributed by atoms with Gasteiger partial charge in [-0.1, -0.05) is 0 Å². The number of amides is 1. The van der Waals surface area contributed by atoms with Crippen LogP contribution in [-0.2, 0) is 0 Å². The van der Waals surface area contributed by atoms with Crippen molar-refractivity contribution in [3.05, 3.63) is 42.5 Å². The highest BCUT2D eigenvalue weighted by molar-refractivity contribution is 5.93. The van der Waals surface area contributed by atoms with Crippen molar-refractivity contribution in [2.75, 3.05) is 26.2 Å². The van der Waals surface area contributed by atoms with Crippen LogP contribution in [-0.4, -0.2) is 74.1 Å². The second-order valence-electron chi connectivity index (χ2n) is 7.33. The lowest BCUT2D eigenvalue weighted by Gasteiger charge is -2.41. The van der Waals surface area contributed by atoms with Crippen molar-refractivity contribution in [2.45, 2.75) is 37.8 Å². The van der Waals surface area contributed by atoms with Crippen molar-refractivity contribution in [1.29, 1.82) is 0 Å². The van der Waals surface area contributed by atoms with E-state index in [-0.39, 0.29) is 12.0 Å². The Morgan fingerprint density at radius 1 is 1.00 bits per heavy atom. The van der Waals surface area contributed by atoms with Gasteiger partial charge >= 0.3 is 0 Å². The van der Waals surface area contributed by atoms with E-state index in [1.165, 1.54) is 0 Å². The molecule has 4 rings (SSSR count). The number of aliphatic hydroxyl groups excluding tert-OH is 1. The van der Waals surface area contributed by atoms with Gasteiger partial charge in [-0.05, 0) is 37.8 Å². The van der Waals surface area contributed by atoms with Gasteiger partial charge in [0.05, 0.1) is 11.7 Å². The zero-order valence-corrected chi connectivity index (χ0v) is 15.4. The van der Waals surface area contributed by atoms with Gasteiger partial charge in [0.2, 0.25) is 0 Å². The standard InChI is InChI=1S/C20H25N5O2/c26-18-5-10-24(11-6-18)17-3-8-25(9-4-17)20(27)16-13-22-19(23-14-16)15-2-1-7-21-12-15/h1-2,7,12-14,17-18,26H,3-6,8-11H2. The molecule has 2 aromatic rings. The summed E-state index contributed by atoms with van der Waals surface area (Å²) in [4.78, 5) is 29.9. The predicted molar refractivity (Wildman–Crippen MR) is 101 cm³/mol. The average Bonchev–Trinajstić information content (AvgIpc) is 2.75. The van der Waals surface area contributed by atoms with Crippen LogP contribution in [0.3, 0.4) is 0 Å². The molecule has 0 bridgehead atoms. The summed E-state index contributed by atoms with van der Waals surface area (Å²) in [6.45, 7) is 3.44. The fraction of sp³-hybridized carbons (Fsp3) is 0.500. The summed E-state index contributed by atoms with van der Waals surface area (Å²) in [5.41, 5.74) is 1.37. The second-order valence-corrected chi connectivity index (χ2v) is 7.33. The number of carbonyl (C=O) groups excluding carboxylic acids is 1. The third kappa shape index (κ3) is 4.14. The van der Waals surface area contributed by atoms with Gasteiger partial charge in [-0.2, -0.15) is 0 Å². The van der Waals surface area contributed by atoms with Gasteiger partial charge in [0.25, 0.3) is 5.91 Å². The van der Waals surface area contributed by atoms with Crippen molar-refractivity contribution < 1.29 is 9.90 Å². The number of likely N-dealkylation sites (tertiary alicyclic amines) is 2. The maximum atomic E-state index is 12.8.